The van der Waals surface area contributed by atoms with E-state index in [1.807, 2.05) is 0 Å². The van der Waals surface area contributed by atoms with Gasteiger partial charge in [-0.1, -0.05) is 26.2 Å². The molecule has 0 amide bonds. The van der Waals surface area contributed by atoms with Crippen LogP contribution in [0.4, 0.5) is 0 Å². The summed E-state index contributed by atoms with van der Waals surface area (Å²) in [5, 5.41) is 0. The first-order chi connectivity index (χ1) is 4.38. The maximum Gasteiger partial charge on any atom is -0.00461 e. The molecule has 0 saturated heterocycles. The highest BCUT2D eigenvalue weighted by Crippen LogP contribution is 2.41. The Balaban J connectivity index is 1.92. The SMILES string of the molecule is CCCCC1CC1CN. The van der Waals surface area contributed by atoms with Gasteiger partial charge in [-0.2, -0.15) is 0 Å². The van der Waals surface area contributed by atoms with E-state index in [2.05, 4.69) is 6.92 Å². The molecule has 0 aromatic carbocycles. The van der Waals surface area contributed by atoms with Gasteiger partial charge < -0.3 is 5.73 Å². The molecular weight excluding hydrogens is 110 g/mol. The van der Waals surface area contributed by atoms with Crippen LogP contribution >= 0.6 is 0 Å². The summed E-state index contributed by atoms with van der Waals surface area (Å²) >= 11 is 0. The van der Waals surface area contributed by atoms with Gasteiger partial charge in [-0.05, 0) is 24.8 Å². The molecule has 0 radical (unpaired) electrons. The summed E-state index contributed by atoms with van der Waals surface area (Å²) in [6, 6.07) is 0. The quantitative estimate of drug-likeness (QED) is 0.612. The Labute approximate surface area is 57.6 Å². The van der Waals surface area contributed by atoms with Gasteiger partial charge in [0.15, 0.2) is 0 Å². The highest BCUT2D eigenvalue weighted by atomic mass is 14.6. The molecule has 1 aliphatic carbocycles. The second kappa shape index (κ2) is 3.21. The third-order valence-electron chi connectivity index (χ3n) is 2.30. The second-order valence-corrected chi connectivity index (χ2v) is 3.13. The Bertz CT molecular complexity index is 80.6. The van der Waals surface area contributed by atoms with Crippen LogP contribution in [0.15, 0.2) is 0 Å². The molecule has 2 N–H and O–H groups in total. The zero-order chi connectivity index (χ0) is 6.69. The molecular formula is C8H17N. The first-order valence-electron chi connectivity index (χ1n) is 4.08. The number of nitrogens with two attached hydrogens (primary N) is 1. The third kappa shape index (κ3) is 1.98. The van der Waals surface area contributed by atoms with Crippen molar-refractivity contribution in [2.24, 2.45) is 17.6 Å². The van der Waals surface area contributed by atoms with E-state index >= 15 is 0 Å². The average Bonchev–Trinajstić information content (AvgIpc) is 2.62. The number of hydrogen-bond acceptors (Lipinski definition) is 1. The van der Waals surface area contributed by atoms with Crippen molar-refractivity contribution in [2.75, 3.05) is 6.54 Å². The Hall–Kier alpha value is -0.0400. The van der Waals surface area contributed by atoms with Crippen LogP contribution in [0.3, 0.4) is 0 Å². The van der Waals surface area contributed by atoms with Crippen LogP contribution in [-0.4, -0.2) is 6.54 Å². The maximum absolute atomic E-state index is 5.50. The Kier molecular flexibility index (Phi) is 2.52. The first kappa shape index (κ1) is 7.07. The van der Waals surface area contributed by atoms with Crippen molar-refractivity contribution in [1.82, 2.24) is 0 Å². The van der Waals surface area contributed by atoms with E-state index in [0.29, 0.717) is 0 Å². The topological polar surface area (TPSA) is 26.0 Å². The summed E-state index contributed by atoms with van der Waals surface area (Å²) in [7, 11) is 0. The van der Waals surface area contributed by atoms with Crippen LogP contribution in [0.25, 0.3) is 0 Å². The number of rotatable bonds is 4. The van der Waals surface area contributed by atoms with Gasteiger partial charge in [-0.3, -0.25) is 0 Å². The molecule has 1 rings (SSSR count). The van der Waals surface area contributed by atoms with Crippen molar-refractivity contribution in [3.63, 3.8) is 0 Å². The predicted octanol–water partition coefficient (Wildman–Crippen LogP) is 1.77. The van der Waals surface area contributed by atoms with Gasteiger partial charge in [0.05, 0.1) is 0 Å². The van der Waals surface area contributed by atoms with Gasteiger partial charge in [0.25, 0.3) is 0 Å². The van der Waals surface area contributed by atoms with E-state index in [9.17, 15) is 0 Å². The van der Waals surface area contributed by atoms with Gasteiger partial charge in [0, 0.05) is 0 Å². The highest BCUT2D eigenvalue weighted by molar-refractivity contribution is 4.86. The fourth-order valence-electron chi connectivity index (χ4n) is 1.42. The smallest absolute Gasteiger partial charge is 0.00461 e. The van der Waals surface area contributed by atoms with Gasteiger partial charge in [0.2, 0.25) is 0 Å². The van der Waals surface area contributed by atoms with Crippen LogP contribution in [0.1, 0.15) is 32.6 Å². The lowest BCUT2D eigenvalue weighted by Crippen LogP contribution is -2.02. The maximum atomic E-state index is 5.50. The minimum Gasteiger partial charge on any atom is -0.330 e. The molecule has 1 aliphatic rings. The van der Waals surface area contributed by atoms with Gasteiger partial charge in [0.1, 0.15) is 0 Å². The summed E-state index contributed by atoms with van der Waals surface area (Å²) in [6.45, 7) is 3.17. The Morgan fingerprint density at radius 3 is 2.67 bits per heavy atom. The van der Waals surface area contributed by atoms with Crippen molar-refractivity contribution in [3.8, 4) is 0 Å². The highest BCUT2D eigenvalue weighted by Gasteiger charge is 2.34. The summed E-state index contributed by atoms with van der Waals surface area (Å²) in [6.07, 6.45) is 5.59. The lowest BCUT2D eigenvalue weighted by molar-refractivity contribution is 0.606. The standard InChI is InChI=1S/C8H17N/c1-2-3-4-7-5-8(7)6-9/h7-8H,2-6,9H2,1H3. The molecule has 9 heavy (non-hydrogen) atoms. The fourth-order valence-corrected chi connectivity index (χ4v) is 1.42. The zero-order valence-electron chi connectivity index (χ0n) is 6.27. The average molecular weight is 127 g/mol. The van der Waals surface area contributed by atoms with Crippen LogP contribution in [0.5, 0.6) is 0 Å². The Morgan fingerprint density at radius 2 is 2.22 bits per heavy atom. The van der Waals surface area contributed by atoms with Crippen molar-refractivity contribution in [3.05, 3.63) is 0 Å². The van der Waals surface area contributed by atoms with Crippen LogP contribution in [-0.2, 0) is 0 Å². The molecule has 1 nitrogen and oxygen atoms in total. The molecule has 0 aliphatic heterocycles. The normalized spacial score (nSPS) is 32.7. The molecule has 0 aromatic heterocycles. The van der Waals surface area contributed by atoms with E-state index < -0.39 is 0 Å². The van der Waals surface area contributed by atoms with Crippen LogP contribution in [0, 0.1) is 11.8 Å². The lowest BCUT2D eigenvalue weighted by atomic mass is 10.1. The zero-order valence-corrected chi connectivity index (χ0v) is 6.27. The van der Waals surface area contributed by atoms with Gasteiger partial charge >= 0.3 is 0 Å². The van der Waals surface area contributed by atoms with Crippen molar-refractivity contribution >= 4 is 0 Å². The predicted molar refractivity (Wildman–Crippen MR) is 40.2 cm³/mol. The largest absolute Gasteiger partial charge is 0.330 e. The second-order valence-electron chi connectivity index (χ2n) is 3.13. The lowest BCUT2D eigenvalue weighted by Gasteiger charge is -1.93. The Morgan fingerprint density at radius 1 is 1.44 bits per heavy atom. The van der Waals surface area contributed by atoms with Crippen LogP contribution < -0.4 is 5.73 Å². The van der Waals surface area contributed by atoms with Crippen LogP contribution in [0.2, 0.25) is 0 Å². The first-order valence-corrected chi connectivity index (χ1v) is 4.08. The third-order valence-corrected chi connectivity index (χ3v) is 2.30. The molecule has 0 spiro atoms. The van der Waals surface area contributed by atoms with Crippen molar-refractivity contribution in [2.45, 2.75) is 32.6 Å². The van der Waals surface area contributed by atoms with Crippen molar-refractivity contribution < 1.29 is 0 Å². The molecule has 1 heteroatoms. The minimum atomic E-state index is 0.900. The molecule has 54 valence electrons. The van der Waals surface area contributed by atoms with E-state index in [1.165, 1.54) is 25.7 Å². The molecule has 2 unspecified atom stereocenters. The molecule has 0 bridgehead atoms. The molecule has 0 aromatic rings. The molecule has 1 saturated carbocycles. The van der Waals surface area contributed by atoms with Crippen molar-refractivity contribution in [1.29, 1.82) is 0 Å². The van der Waals surface area contributed by atoms with Gasteiger partial charge in [-0.15, -0.1) is 0 Å². The summed E-state index contributed by atoms with van der Waals surface area (Å²) in [5.74, 6) is 1.91. The fraction of sp³-hybridized carbons (Fsp3) is 1.00. The van der Waals surface area contributed by atoms with E-state index in [0.717, 1.165) is 18.4 Å². The number of unbranched alkanes of at least 4 members (excludes halogenated alkanes) is 1. The van der Waals surface area contributed by atoms with Gasteiger partial charge in [-0.25, -0.2) is 0 Å². The van der Waals surface area contributed by atoms with E-state index in [4.69, 9.17) is 5.73 Å². The van der Waals surface area contributed by atoms with E-state index in [1.54, 1.807) is 0 Å². The molecule has 1 fully saturated rings. The number of hydrogen-bond donors (Lipinski definition) is 1. The summed E-state index contributed by atoms with van der Waals surface area (Å²) < 4.78 is 0. The van der Waals surface area contributed by atoms with E-state index in [-0.39, 0.29) is 0 Å². The monoisotopic (exact) mass is 127 g/mol. The molecule has 0 heterocycles. The summed E-state index contributed by atoms with van der Waals surface area (Å²) in [5.41, 5.74) is 5.50. The minimum absolute atomic E-state index is 0.900. The molecule has 2 atom stereocenters. The summed E-state index contributed by atoms with van der Waals surface area (Å²) in [4.78, 5) is 0.